The highest BCUT2D eigenvalue weighted by Crippen LogP contribution is 2.31. The molecule has 1 aromatic rings. The Kier molecular flexibility index (Phi) is 6.40. The van der Waals surface area contributed by atoms with E-state index in [1.54, 1.807) is 16.2 Å². The van der Waals surface area contributed by atoms with E-state index < -0.39 is 11.1 Å². The number of hydrogen-bond donors (Lipinski definition) is 1. The number of nitrogens with zero attached hydrogens (tertiary/aromatic N) is 3. The average molecular weight is 437 g/mol. The molecule has 0 unspecified atom stereocenters. The van der Waals surface area contributed by atoms with Gasteiger partial charge in [0.15, 0.2) is 0 Å². The van der Waals surface area contributed by atoms with Crippen molar-refractivity contribution in [1.82, 2.24) is 20.1 Å². The fourth-order valence-electron chi connectivity index (χ4n) is 3.67. The van der Waals surface area contributed by atoms with Crippen LogP contribution in [0.2, 0.25) is 0 Å². The largest absolute Gasteiger partial charge is 0.444 e. The molecule has 0 saturated carbocycles. The number of imide groups is 1. The first-order valence-corrected chi connectivity index (χ1v) is 11.4. The van der Waals surface area contributed by atoms with Crippen molar-refractivity contribution in [2.75, 3.05) is 13.1 Å². The van der Waals surface area contributed by atoms with Gasteiger partial charge in [0.25, 0.3) is 5.91 Å². The maximum atomic E-state index is 13.1. The van der Waals surface area contributed by atoms with Gasteiger partial charge in [-0.2, -0.15) is 0 Å². The summed E-state index contributed by atoms with van der Waals surface area (Å²) in [4.78, 5) is 45.4. The Morgan fingerprint density at radius 2 is 1.97 bits per heavy atom. The Labute approximate surface area is 182 Å². The molecule has 30 heavy (non-hydrogen) atoms. The van der Waals surface area contributed by atoms with Crippen molar-refractivity contribution < 1.29 is 19.1 Å². The van der Waals surface area contributed by atoms with Gasteiger partial charge in [-0.25, -0.2) is 14.6 Å². The van der Waals surface area contributed by atoms with Gasteiger partial charge in [-0.15, -0.1) is 11.3 Å². The van der Waals surface area contributed by atoms with Crippen LogP contribution in [-0.2, 0) is 22.5 Å². The Morgan fingerprint density at radius 3 is 2.57 bits per heavy atom. The zero-order chi connectivity index (χ0) is 22.1. The van der Waals surface area contributed by atoms with Gasteiger partial charge in [0.2, 0.25) is 0 Å². The highest BCUT2D eigenvalue weighted by molar-refractivity contribution is 7.09. The minimum Gasteiger partial charge on any atom is -0.444 e. The molecule has 8 nitrogen and oxygen atoms in total. The first kappa shape index (κ1) is 22.5. The molecule has 3 rings (SSSR count). The summed E-state index contributed by atoms with van der Waals surface area (Å²) in [5.74, 6) is 0.378. The molecule has 0 bridgehead atoms. The number of hydrogen-bond acceptors (Lipinski definition) is 6. The molecule has 1 aromatic heterocycles. The maximum Gasteiger partial charge on any atom is 0.410 e. The molecule has 2 aliphatic rings. The van der Waals surface area contributed by atoms with Gasteiger partial charge in [-0.05, 0) is 52.4 Å². The van der Waals surface area contributed by atoms with Crippen LogP contribution >= 0.6 is 11.3 Å². The second-order valence-corrected chi connectivity index (χ2v) is 10.5. The normalized spacial score (nSPS) is 19.0. The predicted molar refractivity (Wildman–Crippen MR) is 114 cm³/mol. The van der Waals surface area contributed by atoms with Crippen LogP contribution in [0.1, 0.15) is 64.6 Å². The molecule has 0 atom stereocenters. The van der Waals surface area contributed by atoms with Crippen LogP contribution in [0.3, 0.4) is 0 Å². The third-order valence-corrected chi connectivity index (χ3v) is 6.33. The molecule has 1 N–H and O–H groups in total. The van der Waals surface area contributed by atoms with Crippen LogP contribution in [0.4, 0.5) is 9.59 Å². The third kappa shape index (κ3) is 5.11. The summed E-state index contributed by atoms with van der Waals surface area (Å²) in [6.45, 7) is 10.7. The molecule has 9 heteroatoms. The number of likely N-dealkylation sites (tertiary alicyclic amines) is 1. The van der Waals surface area contributed by atoms with Gasteiger partial charge >= 0.3 is 12.1 Å². The summed E-state index contributed by atoms with van der Waals surface area (Å²) in [6, 6.07) is -0.387. The van der Waals surface area contributed by atoms with E-state index in [0.29, 0.717) is 31.8 Å². The zero-order valence-electron chi connectivity index (χ0n) is 18.5. The van der Waals surface area contributed by atoms with Crippen molar-refractivity contribution in [3.8, 4) is 0 Å². The minimum atomic E-state index is -0.938. The molecular formula is C21H32N4O4S. The molecule has 3 heterocycles. The van der Waals surface area contributed by atoms with Crippen molar-refractivity contribution in [3.05, 3.63) is 16.1 Å². The smallest absolute Gasteiger partial charge is 0.410 e. The quantitative estimate of drug-likeness (QED) is 0.713. The van der Waals surface area contributed by atoms with Crippen LogP contribution in [-0.4, -0.2) is 57.0 Å². The van der Waals surface area contributed by atoms with Crippen molar-refractivity contribution in [3.63, 3.8) is 0 Å². The van der Waals surface area contributed by atoms with E-state index >= 15 is 0 Å². The molecule has 2 fully saturated rings. The number of aromatic nitrogens is 1. The number of nitrogens with one attached hydrogen (secondary N) is 1. The number of urea groups is 1. The van der Waals surface area contributed by atoms with Crippen molar-refractivity contribution in [2.45, 2.75) is 78.0 Å². The number of amides is 4. The highest BCUT2D eigenvalue weighted by Gasteiger charge is 2.53. The number of carbonyl (C=O) groups excluding carboxylic acids is 3. The third-order valence-electron chi connectivity index (χ3n) is 5.37. The van der Waals surface area contributed by atoms with Crippen LogP contribution in [0.15, 0.2) is 5.38 Å². The van der Waals surface area contributed by atoms with E-state index in [4.69, 9.17) is 4.74 Å². The highest BCUT2D eigenvalue weighted by atomic mass is 32.1. The Hall–Kier alpha value is -2.16. The number of ether oxygens (including phenoxy) is 1. The Balaban J connectivity index is 1.59. The number of carbonyl (C=O) groups is 3. The van der Waals surface area contributed by atoms with Gasteiger partial charge < -0.3 is 15.0 Å². The summed E-state index contributed by atoms with van der Waals surface area (Å²) in [6.07, 6.45) is 2.34. The molecular weight excluding hydrogens is 404 g/mol. The van der Waals surface area contributed by atoms with Crippen LogP contribution < -0.4 is 5.32 Å². The van der Waals surface area contributed by atoms with Gasteiger partial charge in [0.05, 0.1) is 17.2 Å². The summed E-state index contributed by atoms with van der Waals surface area (Å²) < 4.78 is 5.41. The lowest BCUT2D eigenvalue weighted by Crippen LogP contribution is -2.56. The number of thiazole rings is 1. The van der Waals surface area contributed by atoms with Crippen molar-refractivity contribution in [1.29, 1.82) is 0 Å². The lowest BCUT2D eigenvalue weighted by molar-refractivity contribution is -0.133. The van der Waals surface area contributed by atoms with E-state index in [9.17, 15) is 14.4 Å². The van der Waals surface area contributed by atoms with E-state index in [1.165, 1.54) is 4.90 Å². The molecule has 166 valence electrons. The van der Waals surface area contributed by atoms with Crippen LogP contribution in [0, 0.1) is 5.92 Å². The van der Waals surface area contributed by atoms with E-state index in [0.717, 1.165) is 23.5 Å². The van der Waals surface area contributed by atoms with Crippen molar-refractivity contribution >= 4 is 29.4 Å². The summed E-state index contributed by atoms with van der Waals surface area (Å²) >= 11 is 1.57. The van der Waals surface area contributed by atoms with E-state index in [1.807, 2.05) is 26.2 Å². The molecule has 0 radical (unpaired) electrons. The molecule has 4 amide bonds. The minimum absolute atomic E-state index is 0.181. The summed E-state index contributed by atoms with van der Waals surface area (Å²) in [5.41, 5.74) is -0.765. The predicted octanol–water partition coefficient (Wildman–Crippen LogP) is 3.55. The zero-order valence-corrected chi connectivity index (χ0v) is 19.3. The lowest BCUT2D eigenvalue weighted by Gasteiger charge is -2.37. The van der Waals surface area contributed by atoms with Crippen LogP contribution in [0.5, 0.6) is 0 Å². The molecule has 0 aliphatic carbocycles. The van der Waals surface area contributed by atoms with E-state index in [-0.39, 0.29) is 24.6 Å². The fourth-order valence-corrected chi connectivity index (χ4v) is 4.47. The van der Waals surface area contributed by atoms with Gasteiger partial charge in [0, 0.05) is 18.5 Å². The van der Waals surface area contributed by atoms with Crippen molar-refractivity contribution in [2.24, 2.45) is 5.92 Å². The first-order valence-electron chi connectivity index (χ1n) is 10.5. The van der Waals surface area contributed by atoms with E-state index in [2.05, 4.69) is 24.1 Å². The first-order chi connectivity index (χ1) is 14.0. The monoisotopic (exact) mass is 436 g/mol. The number of rotatable bonds is 5. The lowest BCUT2D eigenvalue weighted by atomic mass is 9.87. The van der Waals surface area contributed by atoms with Gasteiger partial charge in [0.1, 0.15) is 11.1 Å². The Morgan fingerprint density at radius 1 is 1.30 bits per heavy atom. The number of aryl methyl sites for hydroxylation is 1. The Bertz CT molecular complexity index is 806. The van der Waals surface area contributed by atoms with Crippen LogP contribution in [0.25, 0.3) is 0 Å². The second kappa shape index (κ2) is 8.53. The standard InChI is InChI=1S/C21H32N4O4S/c1-14(2)6-7-16-22-15(13-30-16)12-25-17(26)21(23-18(25)27)8-10-24(11-9-21)19(28)29-20(3,4)5/h13-14H,6-12H2,1-5H3,(H,23,27). The van der Waals surface area contributed by atoms with Gasteiger partial charge in [-0.1, -0.05) is 13.8 Å². The molecule has 0 aromatic carbocycles. The fraction of sp³-hybridized carbons (Fsp3) is 0.714. The second-order valence-electron chi connectivity index (χ2n) is 9.54. The van der Waals surface area contributed by atoms with Gasteiger partial charge in [-0.3, -0.25) is 9.69 Å². The maximum absolute atomic E-state index is 13.1. The SMILES string of the molecule is CC(C)CCc1nc(CN2C(=O)NC3(CCN(C(=O)OC(C)(C)C)CC3)C2=O)cs1. The molecule has 2 aliphatic heterocycles. The summed E-state index contributed by atoms with van der Waals surface area (Å²) in [5, 5.41) is 5.83. The number of piperidine rings is 1. The average Bonchev–Trinajstić information content (AvgIpc) is 3.18. The molecule has 2 saturated heterocycles. The summed E-state index contributed by atoms with van der Waals surface area (Å²) in [7, 11) is 0. The molecule has 1 spiro atoms. The topological polar surface area (TPSA) is 91.8 Å².